The van der Waals surface area contributed by atoms with Gasteiger partial charge in [-0.15, -0.1) is 0 Å². The Morgan fingerprint density at radius 3 is 2.80 bits per heavy atom. The highest BCUT2D eigenvalue weighted by Crippen LogP contribution is 2.21. The summed E-state index contributed by atoms with van der Waals surface area (Å²) >= 11 is 0. The van der Waals surface area contributed by atoms with Gasteiger partial charge >= 0.3 is 0 Å². The summed E-state index contributed by atoms with van der Waals surface area (Å²) in [5.41, 5.74) is 0.578. The number of likely N-dealkylation sites (N-methyl/N-ethyl adjacent to an activating group) is 1. The standard InChI is InChI=1S/C11H14FNO2/c1-2-13(6-7-14)11-5-3-4-10(12)9(11)8-15/h3-5,8,14H,2,6-7H2,1H3. The normalized spacial score (nSPS) is 10.1. The average Bonchev–Trinajstić information content (AvgIpc) is 2.25. The summed E-state index contributed by atoms with van der Waals surface area (Å²) in [7, 11) is 0. The molecule has 0 heterocycles. The van der Waals surface area contributed by atoms with Crippen molar-refractivity contribution in [3.05, 3.63) is 29.6 Å². The van der Waals surface area contributed by atoms with Gasteiger partial charge in [0.2, 0.25) is 0 Å². The summed E-state index contributed by atoms with van der Waals surface area (Å²) in [5.74, 6) is -0.529. The average molecular weight is 211 g/mol. The van der Waals surface area contributed by atoms with Crippen LogP contribution in [0, 0.1) is 5.82 Å². The predicted octanol–water partition coefficient (Wildman–Crippen LogP) is 1.46. The van der Waals surface area contributed by atoms with Crippen LogP contribution in [0.3, 0.4) is 0 Å². The lowest BCUT2D eigenvalue weighted by Gasteiger charge is -2.23. The molecule has 1 aromatic carbocycles. The number of anilines is 1. The van der Waals surface area contributed by atoms with Crippen LogP contribution in [0.4, 0.5) is 10.1 Å². The predicted molar refractivity (Wildman–Crippen MR) is 56.8 cm³/mol. The van der Waals surface area contributed by atoms with Gasteiger partial charge in [0.25, 0.3) is 0 Å². The number of nitrogens with zero attached hydrogens (tertiary/aromatic N) is 1. The summed E-state index contributed by atoms with van der Waals surface area (Å²) < 4.78 is 13.3. The van der Waals surface area contributed by atoms with E-state index in [1.54, 1.807) is 17.0 Å². The molecule has 0 bridgehead atoms. The third-order valence-corrected chi connectivity index (χ3v) is 2.24. The summed E-state index contributed by atoms with van der Waals surface area (Å²) in [6, 6.07) is 4.48. The molecule has 0 aromatic heterocycles. The van der Waals surface area contributed by atoms with E-state index >= 15 is 0 Å². The molecule has 0 spiro atoms. The molecule has 1 rings (SSSR count). The fourth-order valence-electron chi connectivity index (χ4n) is 1.49. The van der Waals surface area contributed by atoms with Crippen molar-refractivity contribution >= 4 is 12.0 Å². The minimum absolute atomic E-state index is 0.0251. The maximum Gasteiger partial charge on any atom is 0.155 e. The number of carbonyl (C=O) groups excluding carboxylic acids is 1. The highest BCUT2D eigenvalue weighted by atomic mass is 19.1. The van der Waals surface area contributed by atoms with Gasteiger partial charge in [0, 0.05) is 13.1 Å². The van der Waals surface area contributed by atoms with Gasteiger partial charge in [-0.2, -0.15) is 0 Å². The van der Waals surface area contributed by atoms with E-state index in [1.165, 1.54) is 6.07 Å². The smallest absolute Gasteiger partial charge is 0.155 e. The van der Waals surface area contributed by atoms with Crippen molar-refractivity contribution in [1.29, 1.82) is 0 Å². The molecular formula is C11H14FNO2. The lowest BCUT2D eigenvalue weighted by Crippen LogP contribution is -2.27. The number of hydrogen-bond acceptors (Lipinski definition) is 3. The highest BCUT2D eigenvalue weighted by molar-refractivity contribution is 5.85. The molecule has 0 aliphatic heterocycles. The Bertz CT molecular complexity index is 341. The SMILES string of the molecule is CCN(CCO)c1cccc(F)c1C=O. The molecule has 0 saturated heterocycles. The van der Waals surface area contributed by atoms with Crippen molar-refractivity contribution in [2.75, 3.05) is 24.6 Å². The fraction of sp³-hybridized carbons (Fsp3) is 0.364. The van der Waals surface area contributed by atoms with Crippen LogP contribution in [0.25, 0.3) is 0 Å². The largest absolute Gasteiger partial charge is 0.395 e. The van der Waals surface area contributed by atoms with Gasteiger partial charge < -0.3 is 10.0 Å². The van der Waals surface area contributed by atoms with Crippen LogP contribution in [0.15, 0.2) is 18.2 Å². The molecule has 15 heavy (non-hydrogen) atoms. The second-order valence-corrected chi connectivity index (χ2v) is 3.09. The second-order valence-electron chi connectivity index (χ2n) is 3.09. The van der Waals surface area contributed by atoms with E-state index in [9.17, 15) is 9.18 Å². The number of carbonyl (C=O) groups is 1. The number of rotatable bonds is 5. The summed E-state index contributed by atoms with van der Waals surface area (Å²) in [5, 5.41) is 8.84. The van der Waals surface area contributed by atoms with E-state index in [4.69, 9.17) is 5.11 Å². The number of aldehydes is 1. The zero-order chi connectivity index (χ0) is 11.3. The van der Waals surface area contributed by atoms with Crippen molar-refractivity contribution in [3.8, 4) is 0 Å². The molecule has 0 radical (unpaired) electrons. The molecule has 0 atom stereocenters. The molecule has 0 amide bonds. The van der Waals surface area contributed by atoms with Crippen LogP contribution in [0.1, 0.15) is 17.3 Å². The second kappa shape index (κ2) is 5.46. The van der Waals surface area contributed by atoms with Gasteiger partial charge in [0.05, 0.1) is 17.9 Å². The first kappa shape index (κ1) is 11.7. The minimum atomic E-state index is -0.529. The molecular weight excluding hydrogens is 197 g/mol. The molecule has 3 nitrogen and oxygen atoms in total. The molecule has 4 heteroatoms. The van der Waals surface area contributed by atoms with E-state index in [0.717, 1.165) is 0 Å². The maximum atomic E-state index is 13.3. The Balaban J connectivity index is 3.10. The zero-order valence-corrected chi connectivity index (χ0v) is 8.61. The van der Waals surface area contributed by atoms with Gasteiger partial charge in [-0.05, 0) is 19.1 Å². The molecule has 1 N–H and O–H groups in total. The number of benzene rings is 1. The van der Waals surface area contributed by atoms with E-state index in [-0.39, 0.29) is 12.2 Å². The Kier molecular flexibility index (Phi) is 4.24. The molecule has 0 unspecified atom stereocenters. The quantitative estimate of drug-likeness (QED) is 0.749. The van der Waals surface area contributed by atoms with Gasteiger partial charge in [-0.1, -0.05) is 6.07 Å². The first-order valence-corrected chi connectivity index (χ1v) is 4.84. The maximum absolute atomic E-state index is 13.3. The molecule has 0 aliphatic carbocycles. The Morgan fingerprint density at radius 1 is 1.53 bits per heavy atom. The first-order chi connectivity index (χ1) is 7.24. The minimum Gasteiger partial charge on any atom is -0.395 e. The Morgan fingerprint density at radius 2 is 2.27 bits per heavy atom. The third kappa shape index (κ3) is 2.53. The van der Waals surface area contributed by atoms with Gasteiger partial charge in [-0.3, -0.25) is 4.79 Å². The highest BCUT2D eigenvalue weighted by Gasteiger charge is 2.12. The van der Waals surface area contributed by atoms with E-state index in [2.05, 4.69) is 0 Å². The van der Waals surface area contributed by atoms with Crippen molar-refractivity contribution in [1.82, 2.24) is 0 Å². The molecule has 1 aromatic rings. The van der Waals surface area contributed by atoms with Crippen molar-refractivity contribution in [2.24, 2.45) is 0 Å². The van der Waals surface area contributed by atoms with Crippen LogP contribution in [0.5, 0.6) is 0 Å². The van der Waals surface area contributed by atoms with E-state index < -0.39 is 5.82 Å². The lowest BCUT2D eigenvalue weighted by atomic mass is 10.1. The third-order valence-electron chi connectivity index (χ3n) is 2.24. The number of hydrogen-bond donors (Lipinski definition) is 1. The number of halogens is 1. The molecule has 82 valence electrons. The summed E-state index contributed by atoms with van der Waals surface area (Å²) in [6.07, 6.45) is 0.505. The van der Waals surface area contributed by atoms with Crippen molar-refractivity contribution < 1.29 is 14.3 Å². The monoisotopic (exact) mass is 211 g/mol. The number of aliphatic hydroxyl groups is 1. The van der Waals surface area contributed by atoms with Gasteiger partial charge in [-0.25, -0.2) is 4.39 Å². The van der Waals surface area contributed by atoms with Gasteiger partial charge in [0.15, 0.2) is 6.29 Å². The Labute approximate surface area is 88.1 Å². The zero-order valence-electron chi connectivity index (χ0n) is 8.61. The fourth-order valence-corrected chi connectivity index (χ4v) is 1.49. The van der Waals surface area contributed by atoms with Crippen molar-refractivity contribution in [2.45, 2.75) is 6.92 Å². The van der Waals surface area contributed by atoms with Crippen molar-refractivity contribution in [3.63, 3.8) is 0 Å². The van der Waals surface area contributed by atoms with Crippen LogP contribution >= 0.6 is 0 Å². The van der Waals surface area contributed by atoms with Crippen LogP contribution in [0.2, 0.25) is 0 Å². The van der Waals surface area contributed by atoms with Crippen LogP contribution < -0.4 is 4.90 Å². The number of aliphatic hydroxyl groups excluding tert-OH is 1. The topological polar surface area (TPSA) is 40.5 Å². The van der Waals surface area contributed by atoms with Gasteiger partial charge in [0.1, 0.15) is 5.82 Å². The Hall–Kier alpha value is -1.42. The van der Waals surface area contributed by atoms with Crippen LogP contribution in [-0.2, 0) is 0 Å². The van der Waals surface area contributed by atoms with E-state index in [0.29, 0.717) is 25.1 Å². The van der Waals surface area contributed by atoms with E-state index in [1.807, 2.05) is 6.92 Å². The molecule has 0 fully saturated rings. The first-order valence-electron chi connectivity index (χ1n) is 4.84. The summed E-state index contributed by atoms with van der Waals surface area (Å²) in [6.45, 7) is 2.86. The van der Waals surface area contributed by atoms with Crippen LogP contribution in [-0.4, -0.2) is 31.1 Å². The lowest BCUT2D eigenvalue weighted by molar-refractivity contribution is 0.112. The molecule has 0 aliphatic rings. The molecule has 0 saturated carbocycles. The summed E-state index contributed by atoms with van der Waals surface area (Å²) in [4.78, 5) is 12.5.